The van der Waals surface area contributed by atoms with E-state index in [2.05, 4.69) is 4.74 Å². The summed E-state index contributed by atoms with van der Waals surface area (Å²) in [6, 6.07) is 4.02. The topological polar surface area (TPSA) is 29.5 Å². The van der Waals surface area contributed by atoms with Gasteiger partial charge in [0.05, 0.1) is 7.11 Å². The lowest BCUT2D eigenvalue weighted by Gasteiger charge is -2.08. The maximum atomic E-state index is 12.2. The SMILES string of the molecule is COc1cccc(O)c1C(F)F. The number of ether oxygens (including phenoxy) is 1. The van der Waals surface area contributed by atoms with Gasteiger partial charge in [-0.2, -0.15) is 0 Å². The van der Waals surface area contributed by atoms with E-state index in [1.54, 1.807) is 0 Å². The summed E-state index contributed by atoms with van der Waals surface area (Å²) in [5.41, 5.74) is -0.458. The summed E-state index contributed by atoms with van der Waals surface area (Å²) in [7, 11) is 1.28. The lowest BCUT2D eigenvalue weighted by atomic mass is 10.2. The molecular weight excluding hydrogens is 166 g/mol. The zero-order valence-corrected chi connectivity index (χ0v) is 6.42. The molecule has 0 radical (unpaired) electrons. The molecule has 4 heteroatoms. The van der Waals surface area contributed by atoms with Crippen LogP contribution in [0.3, 0.4) is 0 Å². The van der Waals surface area contributed by atoms with Crippen LogP contribution in [0.5, 0.6) is 11.5 Å². The van der Waals surface area contributed by atoms with Gasteiger partial charge in [0, 0.05) is 0 Å². The second-order valence-electron chi connectivity index (χ2n) is 2.19. The smallest absolute Gasteiger partial charge is 0.270 e. The van der Waals surface area contributed by atoms with Crippen LogP contribution in [0, 0.1) is 0 Å². The van der Waals surface area contributed by atoms with Crippen LogP contribution < -0.4 is 4.74 Å². The Morgan fingerprint density at radius 1 is 1.42 bits per heavy atom. The van der Waals surface area contributed by atoms with Gasteiger partial charge in [-0.05, 0) is 12.1 Å². The van der Waals surface area contributed by atoms with Gasteiger partial charge in [0.1, 0.15) is 17.1 Å². The van der Waals surface area contributed by atoms with E-state index in [4.69, 9.17) is 5.11 Å². The molecule has 1 aromatic carbocycles. The molecule has 0 fully saturated rings. The van der Waals surface area contributed by atoms with Crippen molar-refractivity contribution in [3.05, 3.63) is 23.8 Å². The first-order valence-electron chi connectivity index (χ1n) is 3.31. The molecule has 0 amide bonds. The highest BCUT2D eigenvalue weighted by atomic mass is 19.3. The van der Waals surface area contributed by atoms with Gasteiger partial charge in [-0.15, -0.1) is 0 Å². The Morgan fingerprint density at radius 3 is 2.50 bits per heavy atom. The van der Waals surface area contributed by atoms with E-state index in [1.807, 2.05) is 0 Å². The Labute approximate surface area is 68.4 Å². The van der Waals surface area contributed by atoms with Crippen molar-refractivity contribution in [2.24, 2.45) is 0 Å². The van der Waals surface area contributed by atoms with Gasteiger partial charge in [-0.25, -0.2) is 8.78 Å². The summed E-state index contributed by atoms with van der Waals surface area (Å²) < 4.78 is 29.1. The number of hydrogen-bond acceptors (Lipinski definition) is 2. The predicted octanol–water partition coefficient (Wildman–Crippen LogP) is 2.34. The first kappa shape index (κ1) is 8.77. The molecule has 1 N–H and O–H groups in total. The van der Waals surface area contributed by atoms with Crippen molar-refractivity contribution in [1.29, 1.82) is 0 Å². The van der Waals surface area contributed by atoms with Gasteiger partial charge in [0.25, 0.3) is 6.43 Å². The van der Waals surface area contributed by atoms with Crippen LogP contribution in [0.15, 0.2) is 18.2 Å². The summed E-state index contributed by atoms with van der Waals surface area (Å²) in [6.07, 6.45) is -2.72. The molecule has 0 atom stereocenters. The van der Waals surface area contributed by atoms with Crippen molar-refractivity contribution in [2.45, 2.75) is 6.43 Å². The van der Waals surface area contributed by atoms with E-state index >= 15 is 0 Å². The summed E-state index contributed by atoms with van der Waals surface area (Å²) in [6.45, 7) is 0. The summed E-state index contributed by atoms with van der Waals surface area (Å²) >= 11 is 0. The van der Waals surface area contributed by atoms with Crippen molar-refractivity contribution in [3.63, 3.8) is 0 Å². The van der Waals surface area contributed by atoms with Crippen molar-refractivity contribution >= 4 is 0 Å². The number of alkyl halides is 2. The Bertz CT molecular complexity index is 274. The minimum absolute atomic E-state index is 0.00463. The van der Waals surface area contributed by atoms with Gasteiger partial charge in [-0.1, -0.05) is 6.07 Å². The maximum Gasteiger partial charge on any atom is 0.270 e. The molecular formula is C8H8F2O2. The number of halogens is 2. The largest absolute Gasteiger partial charge is 0.507 e. The molecule has 0 bridgehead atoms. The molecule has 0 saturated heterocycles. The van der Waals surface area contributed by atoms with Crippen molar-refractivity contribution in [2.75, 3.05) is 7.11 Å². The number of hydrogen-bond donors (Lipinski definition) is 1. The zero-order chi connectivity index (χ0) is 9.14. The molecule has 1 aromatic rings. The van der Waals surface area contributed by atoms with Crippen LogP contribution in [0.2, 0.25) is 0 Å². The number of phenols is 1. The Morgan fingerprint density at radius 2 is 2.08 bits per heavy atom. The highest BCUT2D eigenvalue weighted by molar-refractivity contribution is 5.44. The first-order chi connectivity index (χ1) is 5.66. The van der Waals surface area contributed by atoms with E-state index in [9.17, 15) is 8.78 Å². The molecule has 0 aliphatic rings. The summed E-state index contributed by atoms with van der Waals surface area (Å²) in [5.74, 6) is -0.436. The third-order valence-electron chi connectivity index (χ3n) is 1.48. The first-order valence-corrected chi connectivity index (χ1v) is 3.31. The Hall–Kier alpha value is -1.32. The van der Waals surface area contributed by atoms with Crippen molar-refractivity contribution in [3.8, 4) is 11.5 Å². The second-order valence-corrected chi connectivity index (χ2v) is 2.19. The number of rotatable bonds is 2. The molecule has 12 heavy (non-hydrogen) atoms. The van der Waals surface area contributed by atoms with E-state index < -0.39 is 17.7 Å². The fourth-order valence-electron chi connectivity index (χ4n) is 0.930. The van der Waals surface area contributed by atoms with Crippen molar-refractivity contribution in [1.82, 2.24) is 0 Å². The number of benzene rings is 1. The van der Waals surface area contributed by atoms with E-state index in [0.29, 0.717) is 0 Å². The standard InChI is InChI=1S/C8H8F2O2/c1-12-6-4-2-3-5(11)7(6)8(9)10/h2-4,8,11H,1H3. The van der Waals surface area contributed by atoms with Gasteiger partial charge < -0.3 is 9.84 Å². The predicted molar refractivity (Wildman–Crippen MR) is 39.6 cm³/mol. The van der Waals surface area contributed by atoms with Crippen LogP contribution in [-0.2, 0) is 0 Å². The number of methoxy groups -OCH3 is 1. The molecule has 0 saturated carbocycles. The average molecular weight is 174 g/mol. The second kappa shape index (κ2) is 3.38. The molecule has 0 aromatic heterocycles. The highest BCUT2D eigenvalue weighted by Crippen LogP contribution is 2.35. The summed E-state index contributed by atoms with van der Waals surface area (Å²) in [4.78, 5) is 0. The van der Waals surface area contributed by atoms with Crippen LogP contribution >= 0.6 is 0 Å². The number of phenolic OH excluding ortho intramolecular Hbond substituents is 1. The normalized spacial score (nSPS) is 10.3. The lowest BCUT2D eigenvalue weighted by molar-refractivity contribution is 0.143. The molecule has 0 unspecified atom stereocenters. The third kappa shape index (κ3) is 1.47. The molecule has 0 aliphatic heterocycles. The Balaban J connectivity index is 3.20. The fraction of sp³-hybridized carbons (Fsp3) is 0.250. The molecule has 2 nitrogen and oxygen atoms in total. The van der Waals surface area contributed by atoms with E-state index in [0.717, 1.165) is 0 Å². The number of aromatic hydroxyl groups is 1. The Kier molecular flexibility index (Phi) is 2.47. The fourth-order valence-corrected chi connectivity index (χ4v) is 0.930. The molecule has 66 valence electrons. The van der Waals surface area contributed by atoms with Crippen LogP contribution in [0.1, 0.15) is 12.0 Å². The van der Waals surface area contributed by atoms with E-state index in [1.165, 1.54) is 25.3 Å². The quantitative estimate of drug-likeness (QED) is 0.745. The molecule has 0 spiro atoms. The maximum absolute atomic E-state index is 12.2. The van der Waals surface area contributed by atoms with Gasteiger partial charge in [0.15, 0.2) is 0 Å². The lowest BCUT2D eigenvalue weighted by Crippen LogP contribution is -1.92. The van der Waals surface area contributed by atoms with Gasteiger partial charge in [0.2, 0.25) is 0 Å². The van der Waals surface area contributed by atoms with Crippen LogP contribution in [0.4, 0.5) is 8.78 Å². The molecule has 1 rings (SSSR count). The minimum Gasteiger partial charge on any atom is -0.507 e. The van der Waals surface area contributed by atoms with Crippen LogP contribution in [0.25, 0.3) is 0 Å². The van der Waals surface area contributed by atoms with Gasteiger partial charge >= 0.3 is 0 Å². The summed E-state index contributed by atoms with van der Waals surface area (Å²) in [5, 5.41) is 9.03. The minimum atomic E-state index is -2.72. The molecule has 0 heterocycles. The highest BCUT2D eigenvalue weighted by Gasteiger charge is 2.17. The van der Waals surface area contributed by atoms with E-state index in [-0.39, 0.29) is 5.75 Å². The zero-order valence-electron chi connectivity index (χ0n) is 6.42. The monoisotopic (exact) mass is 174 g/mol. The van der Waals surface area contributed by atoms with Gasteiger partial charge in [-0.3, -0.25) is 0 Å². The average Bonchev–Trinajstić information content (AvgIpc) is 2.03. The molecule has 0 aliphatic carbocycles. The van der Waals surface area contributed by atoms with Crippen LogP contribution in [-0.4, -0.2) is 12.2 Å². The van der Waals surface area contributed by atoms with Crippen molar-refractivity contribution < 1.29 is 18.6 Å². The third-order valence-corrected chi connectivity index (χ3v) is 1.48.